The van der Waals surface area contributed by atoms with Gasteiger partial charge >= 0.3 is 0 Å². The van der Waals surface area contributed by atoms with Crippen LogP contribution in [0.5, 0.6) is 0 Å². The van der Waals surface area contributed by atoms with Crippen molar-refractivity contribution in [1.82, 2.24) is 10.2 Å². The second kappa shape index (κ2) is 7.46. The molecule has 3 heteroatoms. The molecule has 1 aliphatic rings. The maximum Gasteiger partial charge on any atom is 0.120 e. The lowest BCUT2D eigenvalue weighted by molar-refractivity contribution is 0.124. The zero-order valence-electron chi connectivity index (χ0n) is 14.4. The monoisotopic (exact) mass is 292 g/mol. The second-order valence-corrected chi connectivity index (χ2v) is 7.32. The smallest absolute Gasteiger partial charge is 0.120 e. The van der Waals surface area contributed by atoms with Crippen molar-refractivity contribution in [2.24, 2.45) is 17.8 Å². The van der Waals surface area contributed by atoms with Gasteiger partial charge in [0.15, 0.2) is 0 Å². The highest BCUT2D eigenvalue weighted by atomic mass is 16.3. The van der Waals surface area contributed by atoms with Crippen LogP contribution in [-0.2, 0) is 13.1 Å². The van der Waals surface area contributed by atoms with E-state index >= 15 is 0 Å². The summed E-state index contributed by atoms with van der Waals surface area (Å²) in [6.07, 6.45) is 1.31. The number of rotatable bonds is 6. The van der Waals surface area contributed by atoms with E-state index in [0.717, 1.165) is 43.0 Å². The van der Waals surface area contributed by atoms with Crippen molar-refractivity contribution in [3.63, 3.8) is 0 Å². The van der Waals surface area contributed by atoms with Crippen LogP contribution in [0.15, 0.2) is 10.5 Å². The number of likely N-dealkylation sites (tertiary alicyclic amines) is 1. The zero-order chi connectivity index (χ0) is 15.4. The van der Waals surface area contributed by atoms with Gasteiger partial charge < -0.3 is 9.73 Å². The maximum atomic E-state index is 6.06. The molecule has 2 heterocycles. The Morgan fingerprint density at radius 1 is 1.33 bits per heavy atom. The van der Waals surface area contributed by atoms with Crippen molar-refractivity contribution in [2.45, 2.75) is 54.1 Å². The first-order valence-electron chi connectivity index (χ1n) is 8.47. The summed E-state index contributed by atoms with van der Waals surface area (Å²) in [6.45, 7) is 16.6. The van der Waals surface area contributed by atoms with Crippen LogP contribution >= 0.6 is 0 Å². The van der Waals surface area contributed by atoms with Gasteiger partial charge in [0.1, 0.15) is 11.5 Å². The maximum absolute atomic E-state index is 6.06. The predicted molar refractivity (Wildman–Crippen MR) is 88.2 cm³/mol. The Balaban J connectivity index is 1.86. The fraction of sp³-hybridized carbons (Fsp3) is 0.778. The first kappa shape index (κ1) is 16.6. The standard InChI is InChI=1S/C18H32N2O/c1-13(2)9-19-10-18-15(4)8-17(21-18)12-20-7-6-14(3)16(5)11-20/h8,13-14,16,19H,6-7,9-12H2,1-5H3. The van der Waals surface area contributed by atoms with Crippen LogP contribution in [0.1, 0.15) is 51.2 Å². The molecule has 1 aromatic heterocycles. The summed E-state index contributed by atoms with van der Waals surface area (Å²) in [5, 5.41) is 3.46. The molecule has 0 radical (unpaired) electrons. The second-order valence-electron chi connectivity index (χ2n) is 7.32. The number of furan rings is 1. The lowest BCUT2D eigenvalue weighted by atomic mass is 9.89. The summed E-state index contributed by atoms with van der Waals surface area (Å²) < 4.78 is 6.06. The van der Waals surface area contributed by atoms with Crippen LogP contribution in [0, 0.1) is 24.7 Å². The third-order valence-corrected chi connectivity index (χ3v) is 4.71. The minimum atomic E-state index is 0.677. The molecule has 0 bridgehead atoms. The Morgan fingerprint density at radius 2 is 2.10 bits per heavy atom. The van der Waals surface area contributed by atoms with Crippen molar-refractivity contribution < 1.29 is 4.42 Å². The topological polar surface area (TPSA) is 28.4 Å². The SMILES string of the molecule is Cc1cc(CN2CCC(C)C(C)C2)oc1CNCC(C)C. The molecule has 0 aromatic carbocycles. The lowest BCUT2D eigenvalue weighted by Crippen LogP contribution is -2.37. The number of piperidine rings is 1. The molecular formula is C18H32N2O. The van der Waals surface area contributed by atoms with Crippen molar-refractivity contribution in [1.29, 1.82) is 0 Å². The van der Waals surface area contributed by atoms with E-state index in [0.29, 0.717) is 5.92 Å². The quantitative estimate of drug-likeness (QED) is 0.864. The highest BCUT2D eigenvalue weighted by molar-refractivity contribution is 5.20. The van der Waals surface area contributed by atoms with Gasteiger partial charge in [-0.3, -0.25) is 4.90 Å². The van der Waals surface area contributed by atoms with Crippen LogP contribution in [0.25, 0.3) is 0 Å². The van der Waals surface area contributed by atoms with Crippen molar-refractivity contribution in [3.8, 4) is 0 Å². The highest BCUT2D eigenvalue weighted by Crippen LogP contribution is 2.24. The van der Waals surface area contributed by atoms with E-state index in [-0.39, 0.29) is 0 Å². The van der Waals surface area contributed by atoms with E-state index in [1.54, 1.807) is 0 Å². The molecule has 21 heavy (non-hydrogen) atoms. The predicted octanol–water partition coefficient (Wildman–Crippen LogP) is 3.81. The molecule has 1 fully saturated rings. The molecule has 1 N–H and O–H groups in total. The van der Waals surface area contributed by atoms with Crippen LogP contribution < -0.4 is 5.32 Å². The van der Waals surface area contributed by atoms with Crippen molar-refractivity contribution in [2.75, 3.05) is 19.6 Å². The van der Waals surface area contributed by atoms with Crippen LogP contribution in [-0.4, -0.2) is 24.5 Å². The van der Waals surface area contributed by atoms with Gasteiger partial charge in [-0.1, -0.05) is 27.7 Å². The summed E-state index contributed by atoms with van der Waals surface area (Å²) in [5.41, 5.74) is 1.28. The summed E-state index contributed by atoms with van der Waals surface area (Å²) >= 11 is 0. The van der Waals surface area contributed by atoms with E-state index in [2.05, 4.69) is 50.9 Å². The molecule has 3 nitrogen and oxygen atoms in total. The van der Waals surface area contributed by atoms with Gasteiger partial charge in [-0.05, 0) is 55.8 Å². The average molecular weight is 292 g/mol. The largest absolute Gasteiger partial charge is 0.463 e. The van der Waals surface area contributed by atoms with Gasteiger partial charge in [0.2, 0.25) is 0 Å². The Labute approximate surface area is 130 Å². The molecule has 2 rings (SSSR count). The Kier molecular flexibility index (Phi) is 5.88. The summed E-state index contributed by atoms with van der Waals surface area (Å²) in [6, 6.07) is 2.22. The Bertz CT molecular complexity index is 438. The molecule has 0 aliphatic carbocycles. The minimum Gasteiger partial charge on any atom is -0.463 e. The fourth-order valence-corrected chi connectivity index (χ4v) is 3.03. The average Bonchev–Trinajstić information content (AvgIpc) is 2.74. The summed E-state index contributed by atoms with van der Waals surface area (Å²) in [5.74, 6) is 4.55. The number of hydrogen-bond acceptors (Lipinski definition) is 3. The van der Waals surface area contributed by atoms with Crippen molar-refractivity contribution >= 4 is 0 Å². The third kappa shape index (κ3) is 4.86. The van der Waals surface area contributed by atoms with E-state index in [4.69, 9.17) is 4.42 Å². The number of hydrogen-bond donors (Lipinski definition) is 1. The minimum absolute atomic E-state index is 0.677. The van der Waals surface area contributed by atoms with Gasteiger partial charge in [0.05, 0.1) is 13.1 Å². The first-order valence-corrected chi connectivity index (χ1v) is 8.47. The summed E-state index contributed by atoms with van der Waals surface area (Å²) in [7, 11) is 0. The van der Waals surface area contributed by atoms with Crippen LogP contribution in [0.2, 0.25) is 0 Å². The number of nitrogens with zero attached hydrogens (tertiary/aromatic N) is 1. The Morgan fingerprint density at radius 3 is 2.76 bits per heavy atom. The zero-order valence-corrected chi connectivity index (χ0v) is 14.4. The van der Waals surface area contributed by atoms with Gasteiger partial charge in [0, 0.05) is 6.54 Å². The van der Waals surface area contributed by atoms with Crippen molar-refractivity contribution in [3.05, 3.63) is 23.2 Å². The first-order chi connectivity index (χ1) is 9.95. The van der Waals surface area contributed by atoms with E-state index in [1.165, 1.54) is 25.1 Å². The van der Waals surface area contributed by atoms with Gasteiger partial charge in [-0.25, -0.2) is 0 Å². The van der Waals surface area contributed by atoms with E-state index in [1.807, 2.05) is 0 Å². The third-order valence-electron chi connectivity index (χ3n) is 4.71. The molecular weight excluding hydrogens is 260 g/mol. The van der Waals surface area contributed by atoms with Crippen LogP contribution in [0.4, 0.5) is 0 Å². The molecule has 0 spiro atoms. The number of nitrogens with one attached hydrogen (secondary N) is 1. The van der Waals surface area contributed by atoms with E-state index in [9.17, 15) is 0 Å². The van der Waals surface area contributed by atoms with Gasteiger partial charge in [-0.2, -0.15) is 0 Å². The number of aryl methyl sites for hydroxylation is 1. The lowest BCUT2D eigenvalue weighted by Gasteiger charge is -2.34. The summed E-state index contributed by atoms with van der Waals surface area (Å²) in [4.78, 5) is 2.54. The molecule has 120 valence electrons. The Hall–Kier alpha value is -0.800. The molecule has 1 aromatic rings. The fourth-order valence-electron chi connectivity index (χ4n) is 3.03. The molecule has 0 saturated carbocycles. The van der Waals surface area contributed by atoms with Gasteiger partial charge in [-0.15, -0.1) is 0 Å². The molecule has 1 aliphatic heterocycles. The van der Waals surface area contributed by atoms with E-state index < -0.39 is 0 Å². The molecule has 1 saturated heterocycles. The highest BCUT2D eigenvalue weighted by Gasteiger charge is 2.23. The molecule has 0 amide bonds. The van der Waals surface area contributed by atoms with Crippen LogP contribution in [0.3, 0.4) is 0 Å². The molecule has 2 atom stereocenters. The normalized spacial score (nSPS) is 23.9. The molecule has 2 unspecified atom stereocenters. The van der Waals surface area contributed by atoms with Gasteiger partial charge in [0.25, 0.3) is 0 Å².